The van der Waals surface area contributed by atoms with Gasteiger partial charge in [-0.15, -0.1) is 0 Å². The Kier molecular flexibility index (Phi) is 3.96. The molecule has 0 saturated carbocycles. The summed E-state index contributed by atoms with van der Waals surface area (Å²) in [4.78, 5) is 4.31. The minimum Gasteiger partial charge on any atom is -0.383 e. The molecule has 120 valence electrons. The number of nitrogen functional groups attached to an aromatic ring is 1. The molecule has 0 radical (unpaired) electrons. The minimum atomic E-state index is -0.523. The fourth-order valence-electron chi connectivity index (χ4n) is 2.68. The minimum absolute atomic E-state index is 0.0243. The number of pyridine rings is 1. The lowest BCUT2D eigenvalue weighted by atomic mass is 9.93. The van der Waals surface area contributed by atoms with Gasteiger partial charge in [0.1, 0.15) is 23.3 Å². The van der Waals surface area contributed by atoms with Crippen LogP contribution in [0.1, 0.15) is 11.1 Å². The third-order valence-corrected chi connectivity index (χ3v) is 4.09. The molecule has 0 aliphatic carbocycles. The van der Waals surface area contributed by atoms with Crippen molar-refractivity contribution in [2.24, 2.45) is 7.05 Å². The van der Waals surface area contributed by atoms with Crippen LogP contribution in [-0.4, -0.2) is 14.8 Å². The third kappa shape index (κ3) is 2.49. The highest BCUT2D eigenvalue weighted by atomic mass is 35.5. The van der Waals surface area contributed by atoms with Crippen LogP contribution >= 0.6 is 11.6 Å². The first kappa shape index (κ1) is 16.0. The summed E-state index contributed by atoms with van der Waals surface area (Å²) >= 11 is 6.19. The van der Waals surface area contributed by atoms with Crippen LogP contribution in [0, 0.1) is 24.1 Å². The number of anilines is 1. The molecule has 0 aliphatic heterocycles. The van der Waals surface area contributed by atoms with Crippen LogP contribution < -0.4 is 5.73 Å². The average molecular weight is 342 g/mol. The number of aryl methyl sites for hydroxylation is 1. The predicted octanol–water partition coefficient (Wildman–Crippen LogP) is 3.70. The number of nitrogens with two attached hydrogens (primary N) is 1. The first-order chi connectivity index (χ1) is 11.4. The Morgan fingerprint density at radius 2 is 2.08 bits per heavy atom. The van der Waals surface area contributed by atoms with Crippen molar-refractivity contribution in [1.82, 2.24) is 14.8 Å². The number of nitriles is 1. The topological polar surface area (TPSA) is 80.5 Å². The number of nitrogens with zero attached hydrogens (tertiary/aromatic N) is 4. The van der Waals surface area contributed by atoms with E-state index < -0.39 is 5.82 Å². The number of aromatic nitrogens is 3. The van der Waals surface area contributed by atoms with E-state index >= 15 is 0 Å². The Morgan fingerprint density at radius 1 is 1.33 bits per heavy atom. The summed E-state index contributed by atoms with van der Waals surface area (Å²) in [5.41, 5.74) is 8.43. The highest BCUT2D eigenvalue weighted by molar-refractivity contribution is 6.33. The van der Waals surface area contributed by atoms with E-state index in [9.17, 15) is 9.65 Å². The second-order valence-electron chi connectivity index (χ2n) is 5.33. The van der Waals surface area contributed by atoms with E-state index in [0.29, 0.717) is 16.8 Å². The zero-order valence-electron chi connectivity index (χ0n) is 13.0. The molecule has 2 N–H and O–H groups in total. The van der Waals surface area contributed by atoms with E-state index in [-0.39, 0.29) is 22.0 Å². The lowest BCUT2D eigenvalue weighted by Crippen LogP contribution is -2.04. The van der Waals surface area contributed by atoms with Gasteiger partial charge in [0.2, 0.25) is 0 Å². The zero-order chi connectivity index (χ0) is 17.4. The van der Waals surface area contributed by atoms with Gasteiger partial charge in [-0.3, -0.25) is 4.68 Å². The largest absolute Gasteiger partial charge is 0.383 e. The van der Waals surface area contributed by atoms with E-state index in [4.69, 9.17) is 17.3 Å². The van der Waals surface area contributed by atoms with E-state index in [1.54, 1.807) is 37.1 Å². The van der Waals surface area contributed by atoms with Crippen molar-refractivity contribution in [1.29, 1.82) is 5.26 Å². The molecule has 0 amide bonds. The summed E-state index contributed by atoms with van der Waals surface area (Å²) in [6, 6.07) is 6.38. The Morgan fingerprint density at radius 3 is 2.67 bits per heavy atom. The molecule has 5 nitrogen and oxygen atoms in total. The monoisotopic (exact) mass is 341 g/mol. The van der Waals surface area contributed by atoms with Crippen LogP contribution in [-0.2, 0) is 7.05 Å². The summed E-state index contributed by atoms with van der Waals surface area (Å²) in [5.74, 6) is -0.499. The first-order valence-electron chi connectivity index (χ1n) is 7.07. The summed E-state index contributed by atoms with van der Waals surface area (Å²) in [6.45, 7) is 1.76. The molecule has 0 atom stereocenters. The first-order valence-corrected chi connectivity index (χ1v) is 7.45. The highest BCUT2D eigenvalue weighted by Gasteiger charge is 2.22. The maximum atomic E-state index is 14.4. The molecule has 3 rings (SSSR count). The van der Waals surface area contributed by atoms with Gasteiger partial charge in [0.05, 0.1) is 16.9 Å². The van der Waals surface area contributed by atoms with Gasteiger partial charge in [-0.1, -0.05) is 17.7 Å². The number of rotatable bonds is 2. The van der Waals surface area contributed by atoms with Crippen molar-refractivity contribution in [2.75, 3.05) is 5.73 Å². The van der Waals surface area contributed by atoms with Crippen LogP contribution in [0.4, 0.5) is 10.2 Å². The number of benzene rings is 1. The van der Waals surface area contributed by atoms with Gasteiger partial charge in [0.15, 0.2) is 0 Å². The van der Waals surface area contributed by atoms with E-state index in [0.717, 1.165) is 5.56 Å². The Bertz CT molecular complexity index is 967. The molecule has 0 saturated heterocycles. The van der Waals surface area contributed by atoms with Crippen LogP contribution in [0.5, 0.6) is 0 Å². The van der Waals surface area contributed by atoms with Crippen molar-refractivity contribution in [2.45, 2.75) is 6.92 Å². The second kappa shape index (κ2) is 5.95. The second-order valence-corrected chi connectivity index (χ2v) is 5.74. The molecular formula is C17H13ClFN5. The molecule has 24 heavy (non-hydrogen) atoms. The molecular weight excluding hydrogens is 329 g/mol. The lowest BCUT2D eigenvalue weighted by Gasteiger charge is -2.15. The molecule has 2 aromatic heterocycles. The molecule has 1 aromatic carbocycles. The number of halogens is 2. The number of hydrogen-bond acceptors (Lipinski definition) is 4. The third-order valence-electron chi connectivity index (χ3n) is 3.77. The van der Waals surface area contributed by atoms with Gasteiger partial charge in [0, 0.05) is 29.9 Å². The average Bonchev–Trinajstić information content (AvgIpc) is 2.96. The van der Waals surface area contributed by atoms with Crippen LogP contribution in [0.2, 0.25) is 5.02 Å². The summed E-state index contributed by atoms with van der Waals surface area (Å²) in [7, 11) is 1.78. The Labute approximate surface area is 143 Å². The van der Waals surface area contributed by atoms with Crippen molar-refractivity contribution >= 4 is 17.4 Å². The molecule has 0 bridgehead atoms. The lowest BCUT2D eigenvalue weighted by molar-refractivity contribution is 0.631. The van der Waals surface area contributed by atoms with Crippen LogP contribution in [0.15, 0.2) is 30.6 Å². The predicted molar refractivity (Wildman–Crippen MR) is 90.7 cm³/mol. The van der Waals surface area contributed by atoms with Gasteiger partial charge >= 0.3 is 0 Å². The van der Waals surface area contributed by atoms with E-state index in [1.165, 1.54) is 12.1 Å². The quantitative estimate of drug-likeness (QED) is 0.770. The van der Waals surface area contributed by atoms with E-state index in [1.807, 2.05) is 6.07 Å². The standard InChI is InChI=1S/C17H13ClFN5/c1-9-14(15-12(18)4-3-5-13(15)19)11(6-20)17(21)23-16(9)10-7-22-24(2)8-10/h3-5,7-8H,1-2H3,(H2,21,23). The maximum absolute atomic E-state index is 14.4. The molecule has 3 aromatic rings. The Balaban J connectivity index is 2.41. The fraction of sp³-hybridized carbons (Fsp3) is 0.118. The van der Waals surface area contributed by atoms with Crippen molar-refractivity contribution in [3.05, 3.63) is 52.6 Å². The molecule has 0 aliphatic rings. The molecule has 0 unspecified atom stereocenters. The maximum Gasteiger partial charge on any atom is 0.142 e. The number of hydrogen-bond donors (Lipinski definition) is 1. The van der Waals surface area contributed by atoms with Crippen molar-refractivity contribution in [3.63, 3.8) is 0 Å². The van der Waals surface area contributed by atoms with Crippen molar-refractivity contribution in [3.8, 4) is 28.5 Å². The van der Waals surface area contributed by atoms with Crippen LogP contribution in [0.3, 0.4) is 0 Å². The normalized spacial score (nSPS) is 10.6. The summed E-state index contributed by atoms with van der Waals surface area (Å²) in [6.07, 6.45) is 3.40. The smallest absolute Gasteiger partial charge is 0.142 e. The SMILES string of the molecule is Cc1c(-c2cnn(C)c2)nc(N)c(C#N)c1-c1c(F)cccc1Cl. The summed E-state index contributed by atoms with van der Waals surface area (Å²) < 4.78 is 16.1. The van der Waals surface area contributed by atoms with Gasteiger partial charge in [-0.25, -0.2) is 9.37 Å². The van der Waals surface area contributed by atoms with Gasteiger partial charge < -0.3 is 5.73 Å². The van der Waals surface area contributed by atoms with E-state index in [2.05, 4.69) is 10.1 Å². The molecule has 0 spiro atoms. The summed E-state index contributed by atoms with van der Waals surface area (Å²) in [5, 5.41) is 13.8. The molecule has 0 fully saturated rings. The zero-order valence-corrected chi connectivity index (χ0v) is 13.8. The van der Waals surface area contributed by atoms with Crippen molar-refractivity contribution < 1.29 is 4.39 Å². The molecule has 2 heterocycles. The van der Waals surface area contributed by atoms with Gasteiger partial charge in [0.25, 0.3) is 0 Å². The van der Waals surface area contributed by atoms with Crippen LogP contribution in [0.25, 0.3) is 22.4 Å². The fourth-order valence-corrected chi connectivity index (χ4v) is 2.94. The highest BCUT2D eigenvalue weighted by Crippen LogP contribution is 2.39. The van der Waals surface area contributed by atoms with Gasteiger partial charge in [-0.05, 0) is 24.6 Å². The van der Waals surface area contributed by atoms with Gasteiger partial charge in [-0.2, -0.15) is 10.4 Å². The molecule has 7 heteroatoms. The Hall–Kier alpha value is -2.91.